The molecule has 0 aromatic rings. The highest BCUT2D eigenvalue weighted by Crippen LogP contribution is 2.52. The summed E-state index contributed by atoms with van der Waals surface area (Å²) in [6.07, 6.45) is -13.5. The Morgan fingerprint density at radius 2 is 1.47 bits per heavy atom. The van der Waals surface area contributed by atoms with Gasteiger partial charge in [0.15, 0.2) is 0 Å². The van der Waals surface area contributed by atoms with E-state index < -0.39 is 39.9 Å². The second kappa shape index (κ2) is 3.88. The molecule has 0 spiro atoms. The molecule has 0 radical (unpaired) electrons. The third kappa shape index (κ3) is 2.35. The van der Waals surface area contributed by atoms with Gasteiger partial charge in [-0.2, -0.15) is 47.7 Å². The van der Waals surface area contributed by atoms with Gasteiger partial charge in [0.1, 0.15) is 0 Å². The summed E-state index contributed by atoms with van der Waals surface area (Å²) in [4.78, 5) is 0. The summed E-state index contributed by atoms with van der Waals surface area (Å²) in [6.45, 7) is 0. The molecular weight excluding hydrogens is 327 g/mol. The van der Waals surface area contributed by atoms with E-state index in [4.69, 9.17) is 0 Å². The fourth-order valence-electron chi connectivity index (χ4n) is 0.835. The van der Waals surface area contributed by atoms with Gasteiger partial charge in [0.05, 0.1) is 0 Å². The van der Waals surface area contributed by atoms with E-state index in [1.807, 2.05) is 0 Å². The minimum Gasteiger partial charge on any atom is -0.250 e. The molecule has 0 bridgehead atoms. The molecule has 2 atom stereocenters. The van der Waals surface area contributed by atoms with E-state index in [2.05, 4.69) is 8.92 Å². The van der Waals surface area contributed by atoms with Crippen molar-refractivity contribution < 1.29 is 56.9 Å². The van der Waals surface area contributed by atoms with Crippen molar-refractivity contribution in [2.45, 2.75) is 29.8 Å². The van der Waals surface area contributed by atoms with Gasteiger partial charge in [0.25, 0.3) is 0 Å². The van der Waals surface area contributed by atoms with Crippen LogP contribution < -0.4 is 0 Å². The monoisotopic (exact) mass is 328 g/mol. The van der Waals surface area contributed by atoms with Gasteiger partial charge in [-0.1, -0.05) is 0 Å². The second-order valence-electron chi connectivity index (χ2n) is 3.17. The van der Waals surface area contributed by atoms with Crippen molar-refractivity contribution in [1.29, 1.82) is 0 Å². The van der Waals surface area contributed by atoms with Crippen LogP contribution in [-0.4, -0.2) is 38.2 Å². The molecule has 1 heterocycles. The van der Waals surface area contributed by atoms with Crippen LogP contribution in [0, 0.1) is 0 Å². The molecule has 19 heavy (non-hydrogen) atoms. The number of alkyl halides is 9. The summed E-state index contributed by atoms with van der Waals surface area (Å²) in [6, 6.07) is -4.96. The first-order valence-electron chi connectivity index (χ1n) is 3.87. The molecule has 0 aromatic carbocycles. The third-order valence-corrected chi connectivity index (χ3v) is 2.99. The summed E-state index contributed by atoms with van der Waals surface area (Å²) in [5, 5.41) is 0. The van der Waals surface area contributed by atoms with Crippen molar-refractivity contribution in [2.24, 2.45) is 0 Å². The topological polar surface area (TPSA) is 52.6 Å². The van der Waals surface area contributed by atoms with E-state index >= 15 is 0 Å². The van der Waals surface area contributed by atoms with Gasteiger partial charge < -0.3 is 0 Å². The van der Waals surface area contributed by atoms with Gasteiger partial charge in [-0.15, -0.1) is 0 Å². The van der Waals surface area contributed by atoms with Gasteiger partial charge in [-0.3, -0.25) is 0 Å². The lowest BCUT2D eigenvalue weighted by molar-refractivity contribution is -0.489. The average Bonchev–Trinajstić information content (AvgIpc) is 2.13. The molecule has 2 unspecified atom stereocenters. The van der Waals surface area contributed by atoms with Gasteiger partial charge in [0.2, 0.25) is 0 Å². The Hall–Kier alpha value is -0.760. The number of ether oxygens (including phenoxy) is 1. The summed E-state index contributed by atoms with van der Waals surface area (Å²) < 4.78 is 135. The molecule has 1 fully saturated rings. The lowest BCUT2D eigenvalue weighted by Crippen LogP contribution is -2.64. The average molecular weight is 328 g/mol. The Labute approximate surface area is 97.7 Å². The molecule has 114 valence electrons. The predicted molar refractivity (Wildman–Crippen MR) is 35.8 cm³/mol. The zero-order valence-electron chi connectivity index (χ0n) is 8.02. The van der Waals surface area contributed by atoms with Crippen molar-refractivity contribution in [3.63, 3.8) is 0 Å². The van der Waals surface area contributed by atoms with Crippen LogP contribution in [-0.2, 0) is 19.0 Å². The van der Waals surface area contributed by atoms with Gasteiger partial charge >= 0.3 is 39.9 Å². The third-order valence-electron chi connectivity index (χ3n) is 1.74. The van der Waals surface area contributed by atoms with Crippen molar-refractivity contribution in [1.82, 2.24) is 0 Å². The lowest BCUT2D eigenvalue weighted by Gasteiger charge is -2.38. The van der Waals surface area contributed by atoms with Crippen LogP contribution in [0.4, 0.5) is 39.5 Å². The molecular formula is C5HF9O4S. The second-order valence-corrected chi connectivity index (χ2v) is 4.73. The number of hydrogen-bond acceptors (Lipinski definition) is 4. The predicted octanol–water partition coefficient (Wildman–Crippen LogP) is 2.07. The van der Waals surface area contributed by atoms with Gasteiger partial charge in [-0.05, 0) is 0 Å². The molecule has 1 saturated heterocycles. The highest BCUT2D eigenvalue weighted by molar-refractivity contribution is 7.88. The zero-order chi connectivity index (χ0) is 15.5. The van der Waals surface area contributed by atoms with Crippen molar-refractivity contribution in [3.05, 3.63) is 0 Å². The van der Waals surface area contributed by atoms with Gasteiger partial charge in [0, 0.05) is 0 Å². The highest BCUT2D eigenvalue weighted by Gasteiger charge is 2.79. The first-order valence-corrected chi connectivity index (χ1v) is 5.34. The van der Waals surface area contributed by atoms with Crippen molar-refractivity contribution in [2.75, 3.05) is 0 Å². The molecule has 0 amide bonds. The Kier molecular flexibility index (Phi) is 3.33. The van der Waals surface area contributed by atoms with E-state index in [0.29, 0.717) is 0 Å². The smallest absolute Gasteiger partial charge is 0.250 e. The van der Waals surface area contributed by atoms with Crippen molar-refractivity contribution in [3.8, 4) is 0 Å². The molecule has 1 aliphatic heterocycles. The maximum Gasteiger partial charge on any atom is 0.462 e. The highest BCUT2D eigenvalue weighted by atomic mass is 32.2. The molecule has 0 aromatic heterocycles. The standard InChI is InChI=1S/C5HF9O4S/c6-1-2(7,18-19(1,15)16)17-5(13,14)3(8,9)4(10,11)12/h1H. The number of hydrogen-bond donors (Lipinski definition) is 0. The zero-order valence-corrected chi connectivity index (χ0v) is 8.84. The van der Waals surface area contributed by atoms with Crippen LogP contribution in [0.25, 0.3) is 0 Å². The summed E-state index contributed by atoms with van der Waals surface area (Å²) >= 11 is 0. The van der Waals surface area contributed by atoms with Crippen molar-refractivity contribution >= 4 is 10.1 Å². The molecule has 0 saturated carbocycles. The Morgan fingerprint density at radius 3 is 1.74 bits per heavy atom. The SMILES string of the molecule is O=S1(=O)OC(F)(OC(F)(F)C(F)(F)C(F)(F)F)C1F. The van der Waals surface area contributed by atoms with E-state index in [-0.39, 0.29) is 0 Å². The van der Waals surface area contributed by atoms with E-state index in [9.17, 15) is 47.9 Å². The minimum absolute atomic E-state index is 2.25. The first kappa shape index (κ1) is 16.3. The Bertz CT molecular complexity index is 469. The van der Waals surface area contributed by atoms with Crippen LogP contribution in [0.2, 0.25) is 0 Å². The Morgan fingerprint density at radius 1 is 1.05 bits per heavy atom. The van der Waals surface area contributed by atoms with E-state index in [1.54, 1.807) is 0 Å². The molecule has 14 heteroatoms. The summed E-state index contributed by atoms with van der Waals surface area (Å²) in [5.41, 5.74) is -3.99. The van der Waals surface area contributed by atoms with Gasteiger partial charge in [-0.25, -0.2) is 9.13 Å². The quantitative estimate of drug-likeness (QED) is 0.588. The van der Waals surface area contributed by atoms with Crippen LogP contribution in [0.5, 0.6) is 0 Å². The van der Waals surface area contributed by atoms with Crippen LogP contribution in [0.15, 0.2) is 0 Å². The molecule has 1 rings (SSSR count). The fraction of sp³-hybridized carbons (Fsp3) is 1.00. The molecule has 0 aliphatic carbocycles. The largest absolute Gasteiger partial charge is 0.462 e. The first-order chi connectivity index (χ1) is 8.07. The normalized spacial score (nSPS) is 31.9. The summed E-state index contributed by atoms with van der Waals surface area (Å²) in [5.74, 6) is -6.90. The fourth-order valence-corrected chi connectivity index (χ4v) is 1.65. The number of halogens is 9. The maximum atomic E-state index is 12.8. The van der Waals surface area contributed by atoms with Crippen LogP contribution >= 0.6 is 0 Å². The summed E-state index contributed by atoms with van der Waals surface area (Å²) in [7, 11) is -5.35. The van der Waals surface area contributed by atoms with Crippen LogP contribution in [0.3, 0.4) is 0 Å². The molecule has 4 nitrogen and oxygen atoms in total. The lowest BCUT2D eigenvalue weighted by atomic mass is 10.3. The van der Waals surface area contributed by atoms with E-state index in [0.717, 1.165) is 0 Å². The number of rotatable bonds is 3. The maximum absolute atomic E-state index is 12.8. The van der Waals surface area contributed by atoms with E-state index in [1.165, 1.54) is 0 Å². The minimum atomic E-state index is -6.90. The molecule has 0 N–H and O–H groups in total. The Balaban J connectivity index is 3.00. The van der Waals surface area contributed by atoms with Crippen LogP contribution in [0.1, 0.15) is 0 Å². The molecule has 1 aliphatic rings.